The summed E-state index contributed by atoms with van der Waals surface area (Å²) in [7, 11) is -3.71. The van der Waals surface area contributed by atoms with Crippen molar-refractivity contribution >= 4 is 56.2 Å². The largest absolute Gasteiger partial charge is 0.326 e. The monoisotopic (exact) mass is 441 g/mol. The molecule has 2 heterocycles. The Morgan fingerprint density at radius 3 is 2.46 bits per heavy atom. The molecule has 0 aliphatic carbocycles. The molecule has 0 atom stereocenters. The number of benzene rings is 1. The Morgan fingerprint density at radius 1 is 1.11 bits per heavy atom. The summed E-state index contributed by atoms with van der Waals surface area (Å²) < 4.78 is 27.3. The van der Waals surface area contributed by atoms with Crippen molar-refractivity contribution in [3.63, 3.8) is 0 Å². The van der Waals surface area contributed by atoms with Gasteiger partial charge in [0.15, 0.2) is 0 Å². The van der Waals surface area contributed by atoms with Gasteiger partial charge in [0.2, 0.25) is 15.9 Å². The predicted octanol–water partition coefficient (Wildman–Crippen LogP) is 3.79. The first kappa shape index (κ1) is 20.8. The maximum absolute atomic E-state index is 12.9. The summed E-state index contributed by atoms with van der Waals surface area (Å²) in [6.45, 7) is 2.32. The number of piperidine rings is 1. The number of rotatable bonds is 5. The number of carbonyl (C=O) groups is 2. The summed E-state index contributed by atoms with van der Waals surface area (Å²) >= 11 is 7.25. The van der Waals surface area contributed by atoms with E-state index in [0.29, 0.717) is 24.5 Å². The summed E-state index contributed by atoms with van der Waals surface area (Å²) in [6.07, 6.45) is 2.65. The second kappa shape index (κ2) is 8.60. The Labute approximate surface area is 172 Å². The van der Waals surface area contributed by atoms with Crippen molar-refractivity contribution in [1.82, 2.24) is 4.31 Å². The van der Waals surface area contributed by atoms with Crippen LogP contribution < -0.4 is 10.6 Å². The van der Waals surface area contributed by atoms with E-state index in [1.807, 2.05) is 0 Å². The summed E-state index contributed by atoms with van der Waals surface area (Å²) in [6, 6.07) is 6.13. The van der Waals surface area contributed by atoms with Crippen molar-refractivity contribution in [3.05, 3.63) is 39.5 Å². The first-order valence-electron chi connectivity index (χ1n) is 8.75. The van der Waals surface area contributed by atoms with Crippen molar-refractivity contribution in [2.75, 3.05) is 23.7 Å². The first-order chi connectivity index (χ1) is 13.3. The third kappa shape index (κ3) is 4.54. The van der Waals surface area contributed by atoms with Crippen molar-refractivity contribution in [2.45, 2.75) is 31.1 Å². The van der Waals surface area contributed by atoms with Gasteiger partial charge in [0.25, 0.3) is 5.91 Å². The van der Waals surface area contributed by atoms with E-state index in [-0.39, 0.29) is 20.7 Å². The molecule has 1 aliphatic heterocycles. The topological polar surface area (TPSA) is 95.6 Å². The molecule has 150 valence electrons. The van der Waals surface area contributed by atoms with Crippen molar-refractivity contribution in [3.8, 4) is 0 Å². The molecular formula is C18H20ClN3O4S2. The lowest BCUT2D eigenvalue weighted by molar-refractivity contribution is -0.114. The average Bonchev–Trinajstić information content (AvgIpc) is 3.15. The highest BCUT2D eigenvalue weighted by Gasteiger charge is 2.31. The molecule has 2 aromatic rings. The van der Waals surface area contributed by atoms with Crippen LogP contribution in [-0.2, 0) is 14.8 Å². The fraction of sp³-hybridized carbons (Fsp3) is 0.333. The second-order valence-electron chi connectivity index (χ2n) is 6.41. The zero-order chi connectivity index (χ0) is 20.3. The van der Waals surface area contributed by atoms with E-state index in [1.165, 1.54) is 23.4 Å². The first-order valence-corrected chi connectivity index (χ1v) is 11.4. The average molecular weight is 442 g/mol. The van der Waals surface area contributed by atoms with Gasteiger partial charge >= 0.3 is 0 Å². The molecule has 3 rings (SSSR count). The third-order valence-electron chi connectivity index (χ3n) is 4.31. The van der Waals surface area contributed by atoms with Gasteiger partial charge in [-0.2, -0.15) is 4.31 Å². The van der Waals surface area contributed by atoms with Crippen LogP contribution in [0.25, 0.3) is 0 Å². The lowest BCUT2D eigenvalue weighted by Gasteiger charge is -2.25. The molecule has 1 fully saturated rings. The molecule has 1 saturated heterocycles. The Kier molecular flexibility index (Phi) is 6.39. The minimum absolute atomic E-state index is 0.0166. The van der Waals surface area contributed by atoms with E-state index >= 15 is 0 Å². The zero-order valence-corrected chi connectivity index (χ0v) is 17.6. The summed E-state index contributed by atoms with van der Waals surface area (Å²) in [5.74, 6) is -0.779. The SMILES string of the molecule is CC(=O)Nc1ccc(NC(=O)c2sccc2S(=O)(=O)N2CCCCC2)c(Cl)c1. The number of amides is 2. The molecule has 0 bridgehead atoms. The molecule has 1 aromatic carbocycles. The van der Waals surface area contributed by atoms with E-state index < -0.39 is 15.9 Å². The van der Waals surface area contributed by atoms with Crippen molar-refractivity contribution in [2.24, 2.45) is 0 Å². The van der Waals surface area contributed by atoms with Gasteiger partial charge < -0.3 is 10.6 Å². The van der Waals surface area contributed by atoms with Gasteiger partial charge in [-0.3, -0.25) is 9.59 Å². The fourth-order valence-corrected chi connectivity index (χ4v) is 6.03. The van der Waals surface area contributed by atoms with Crippen LogP contribution in [0.15, 0.2) is 34.5 Å². The molecule has 1 aliphatic rings. The molecular weight excluding hydrogens is 422 g/mol. The number of anilines is 2. The van der Waals surface area contributed by atoms with Gasteiger partial charge in [-0.1, -0.05) is 18.0 Å². The van der Waals surface area contributed by atoms with E-state index in [4.69, 9.17) is 11.6 Å². The van der Waals surface area contributed by atoms with E-state index in [0.717, 1.165) is 30.6 Å². The lowest BCUT2D eigenvalue weighted by atomic mass is 10.2. The maximum atomic E-state index is 12.9. The van der Waals surface area contributed by atoms with Crippen molar-refractivity contribution < 1.29 is 18.0 Å². The quantitative estimate of drug-likeness (QED) is 0.737. The number of nitrogens with zero attached hydrogens (tertiary/aromatic N) is 1. The molecule has 28 heavy (non-hydrogen) atoms. The fourth-order valence-electron chi connectivity index (χ4n) is 2.99. The number of nitrogens with one attached hydrogen (secondary N) is 2. The van der Waals surface area contributed by atoms with Crippen LogP contribution in [0.5, 0.6) is 0 Å². The van der Waals surface area contributed by atoms with Gasteiger partial charge in [0, 0.05) is 25.7 Å². The maximum Gasteiger partial charge on any atom is 0.267 e. The predicted molar refractivity (Wildman–Crippen MR) is 111 cm³/mol. The number of hydrogen-bond acceptors (Lipinski definition) is 5. The van der Waals surface area contributed by atoms with Crippen LogP contribution in [0.2, 0.25) is 5.02 Å². The van der Waals surface area contributed by atoms with Gasteiger partial charge in [-0.05, 0) is 42.5 Å². The normalized spacial score (nSPS) is 15.2. The van der Waals surface area contributed by atoms with Crippen LogP contribution in [0.3, 0.4) is 0 Å². The Bertz CT molecular complexity index is 998. The van der Waals surface area contributed by atoms with Gasteiger partial charge in [-0.25, -0.2) is 8.42 Å². The van der Waals surface area contributed by atoms with Crippen LogP contribution >= 0.6 is 22.9 Å². The summed E-state index contributed by atoms with van der Waals surface area (Å²) in [5, 5.41) is 7.08. The smallest absolute Gasteiger partial charge is 0.267 e. The lowest BCUT2D eigenvalue weighted by Crippen LogP contribution is -2.36. The highest BCUT2D eigenvalue weighted by atomic mass is 35.5. The molecule has 2 N–H and O–H groups in total. The minimum Gasteiger partial charge on any atom is -0.326 e. The Hall–Kier alpha value is -1.94. The van der Waals surface area contributed by atoms with Crippen LogP contribution in [0.4, 0.5) is 11.4 Å². The van der Waals surface area contributed by atoms with Crippen LogP contribution in [-0.4, -0.2) is 37.6 Å². The Balaban J connectivity index is 1.81. The van der Waals surface area contributed by atoms with Gasteiger partial charge in [0.1, 0.15) is 9.77 Å². The van der Waals surface area contributed by atoms with Crippen LogP contribution in [0.1, 0.15) is 35.9 Å². The number of halogens is 1. The standard InChI is InChI=1S/C18H20ClN3O4S2/c1-12(23)20-13-5-6-15(14(19)11-13)21-18(24)17-16(7-10-27-17)28(25,26)22-8-3-2-4-9-22/h5-7,10-11H,2-4,8-9H2,1H3,(H,20,23)(H,21,24). The zero-order valence-electron chi connectivity index (χ0n) is 15.2. The molecule has 0 spiro atoms. The van der Waals surface area contributed by atoms with E-state index in [9.17, 15) is 18.0 Å². The molecule has 7 nitrogen and oxygen atoms in total. The Morgan fingerprint density at radius 2 is 1.82 bits per heavy atom. The molecule has 0 unspecified atom stereocenters. The van der Waals surface area contributed by atoms with Crippen LogP contribution in [0, 0.1) is 0 Å². The molecule has 10 heteroatoms. The number of sulfonamides is 1. The second-order valence-corrected chi connectivity index (χ2v) is 9.64. The molecule has 2 amide bonds. The molecule has 0 saturated carbocycles. The summed E-state index contributed by atoms with van der Waals surface area (Å²) in [5.41, 5.74) is 0.829. The van der Waals surface area contributed by atoms with E-state index in [1.54, 1.807) is 17.5 Å². The highest BCUT2D eigenvalue weighted by molar-refractivity contribution is 7.89. The third-order valence-corrected chi connectivity index (χ3v) is 7.60. The number of carbonyl (C=O) groups excluding carboxylic acids is 2. The minimum atomic E-state index is -3.71. The molecule has 0 radical (unpaired) electrons. The van der Waals surface area contributed by atoms with Gasteiger partial charge in [0.05, 0.1) is 10.7 Å². The van der Waals surface area contributed by atoms with Crippen molar-refractivity contribution in [1.29, 1.82) is 0 Å². The van der Waals surface area contributed by atoms with E-state index in [2.05, 4.69) is 10.6 Å². The molecule has 1 aromatic heterocycles. The number of hydrogen-bond donors (Lipinski definition) is 2. The van der Waals surface area contributed by atoms with Gasteiger partial charge in [-0.15, -0.1) is 11.3 Å². The highest BCUT2D eigenvalue weighted by Crippen LogP contribution is 2.30. The summed E-state index contributed by atoms with van der Waals surface area (Å²) in [4.78, 5) is 24.0. The number of thiophene rings is 1.